The number of nitrogens with zero attached hydrogens (tertiary/aromatic N) is 2. The Morgan fingerprint density at radius 2 is 1.79 bits per heavy atom. The monoisotopic (exact) mass is 390 g/mol. The maximum Gasteiger partial charge on any atom is 0.416 e. The third kappa shape index (κ3) is 4.67. The van der Waals surface area contributed by atoms with Gasteiger partial charge in [-0.05, 0) is 50.2 Å². The van der Waals surface area contributed by atoms with Crippen LogP contribution in [0.15, 0.2) is 53.1 Å². The molecule has 0 saturated carbocycles. The Hall–Kier alpha value is -3.36. The average Bonchev–Trinajstić information content (AvgIpc) is 3.11. The standard InChI is InChI=1S/C19H17F3N4O2/c1-11(2)23-18(27)24-15-5-3-4-13(10-15)16-25-17(28-26-16)12-6-8-14(9-7-12)19(20,21)22/h3-11H,1-2H3,(H2,23,24,27). The number of anilines is 1. The van der Waals surface area contributed by atoms with Crippen LogP contribution < -0.4 is 10.6 Å². The van der Waals surface area contributed by atoms with Crippen molar-refractivity contribution < 1.29 is 22.5 Å². The Morgan fingerprint density at radius 1 is 1.07 bits per heavy atom. The summed E-state index contributed by atoms with van der Waals surface area (Å²) in [4.78, 5) is 16.0. The van der Waals surface area contributed by atoms with Gasteiger partial charge >= 0.3 is 12.2 Å². The van der Waals surface area contributed by atoms with Gasteiger partial charge in [-0.3, -0.25) is 0 Å². The van der Waals surface area contributed by atoms with Crippen molar-refractivity contribution >= 4 is 11.7 Å². The topological polar surface area (TPSA) is 80.0 Å². The highest BCUT2D eigenvalue weighted by molar-refractivity contribution is 5.90. The van der Waals surface area contributed by atoms with Gasteiger partial charge in [0.05, 0.1) is 5.56 Å². The highest BCUT2D eigenvalue weighted by atomic mass is 19.4. The van der Waals surface area contributed by atoms with Gasteiger partial charge in [0.25, 0.3) is 5.89 Å². The number of benzene rings is 2. The van der Waals surface area contributed by atoms with Crippen molar-refractivity contribution in [1.82, 2.24) is 15.5 Å². The fourth-order valence-electron chi connectivity index (χ4n) is 2.43. The largest absolute Gasteiger partial charge is 0.416 e. The SMILES string of the molecule is CC(C)NC(=O)Nc1cccc(-c2noc(-c3ccc(C(F)(F)F)cc3)n2)c1. The average molecular weight is 390 g/mol. The van der Waals surface area contributed by atoms with Crippen molar-refractivity contribution in [2.24, 2.45) is 0 Å². The van der Waals surface area contributed by atoms with E-state index >= 15 is 0 Å². The number of carbonyl (C=O) groups excluding carboxylic acids is 1. The molecule has 3 rings (SSSR count). The number of halogens is 3. The van der Waals surface area contributed by atoms with Gasteiger partial charge in [-0.2, -0.15) is 18.2 Å². The molecule has 2 amide bonds. The van der Waals surface area contributed by atoms with Crippen LogP contribution in [0.5, 0.6) is 0 Å². The first-order valence-electron chi connectivity index (χ1n) is 8.41. The van der Waals surface area contributed by atoms with Gasteiger partial charge in [0.1, 0.15) is 0 Å². The van der Waals surface area contributed by atoms with Crippen LogP contribution in [0.1, 0.15) is 19.4 Å². The number of nitrogens with one attached hydrogen (secondary N) is 2. The second-order valence-electron chi connectivity index (χ2n) is 6.33. The summed E-state index contributed by atoms with van der Waals surface area (Å²) in [5, 5.41) is 9.28. The number of aromatic nitrogens is 2. The maximum absolute atomic E-state index is 12.7. The lowest BCUT2D eigenvalue weighted by Gasteiger charge is -2.10. The molecule has 0 atom stereocenters. The molecule has 1 heterocycles. The summed E-state index contributed by atoms with van der Waals surface area (Å²) in [7, 11) is 0. The Kier molecular flexibility index (Phi) is 5.34. The summed E-state index contributed by atoms with van der Waals surface area (Å²) < 4.78 is 43.1. The lowest BCUT2D eigenvalue weighted by atomic mass is 10.1. The highest BCUT2D eigenvalue weighted by Crippen LogP contribution is 2.31. The summed E-state index contributed by atoms with van der Waals surface area (Å²) >= 11 is 0. The molecule has 0 bridgehead atoms. The fraction of sp³-hybridized carbons (Fsp3) is 0.211. The van der Waals surface area contributed by atoms with Crippen molar-refractivity contribution in [1.29, 1.82) is 0 Å². The zero-order chi connectivity index (χ0) is 20.3. The number of urea groups is 1. The molecular weight excluding hydrogens is 373 g/mol. The molecule has 0 saturated heterocycles. The third-order valence-corrected chi connectivity index (χ3v) is 3.68. The van der Waals surface area contributed by atoms with Crippen LogP contribution in [0.4, 0.5) is 23.7 Å². The molecule has 2 N–H and O–H groups in total. The van der Waals surface area contributed by atoms with E-state index in [1.54, 1.807) is 24.3 Å². The van der Waals surface area contributed by atoms with Gasteiger partial charge in [0.2, 0.25) is 5.82 Å². The number of rotatable bonds is 4. The zero-order valence-electron chi connectivity index (χ0n) is 15.0. The number of carbonyl (C=O) groups is 1. The van der Waals surface area contributed by atoms with Crippen molar-refractivity contribution in [2.45, 2.75) is 26.1 Å². The molecule has 0 aliphatic heterocycles. The molecule has 0 aliphatic rings. The predicted octanol–water partition coefficient (Wildman–Crippen LogP) is 4.95. The lowest BCUT2D eigenvalue weighted by Crippen LogP contribution is -2.34. The molecule has 28 heavy (non-hydrogen) atoms. The lowest BCUT2D eigenvalue weighted by molar-refractivity contribution is -0.137. The number of amides is 2. The van der Waals surface area contributed by atoms with Crippen LogP contribution in [-0.4, -0.2) is 22.2 Å². The highest BCUT2D eigenvalue weighted by Gasteiger charge is 2.30. The minimum Gasteiger partial charge on any atom is -0.336 e. The van der Waals surface area contributed by atoms with Gasteiger partial charge in [-0.1, -0.05) is 17.3 Å². The van der Waals surface area contributed by atoms with E-state index in [-0.39, 0.29) is 23.8 Å². The summed E-state index contributed by atoms with van der Waals surface area (Å²) in [6.45, 7) is 3.69. The van der Waals surface area contributed by atoms with Gasteiger partial charge in [-0.15, -0.1) is 0 Å². The minimum absolute atomic E-state index is 0.00770. The van der Waals surface area contributed by atoms with E-state index in [2.05, 4.69) is 20.8 Å². The summed E-state index contributed by atoms with van der Waals surface area (Å²) in [6.07, 6.45) is -4.41. The van der Waals surface area contributed by atoms with Crippen LogP contribution >= 0.6 is 0 Å². The van der Waals surface area contributed by atoms with E-state index in [1.807, 2.05) is 13.8 Å². The first kappa shape index (κ1) is 19.4. The number of alkyl halides is 3. The second kappa shape index (κ2) is 7.71. The fourth-order valence-corrected chi connectivity index (χ4v) is 2.43. The molecule has 0 unspecified atom stereocenters. The van der Waals surface area contributed by atoms with Gasteiger partial charge in [0, 0.05) is 22.9 Å². The molecule has 0 fully saturated rings. The molecule has 0 spiro atoms. The van der Waals surface area contributed by atoms with Crippen molar-refractivity contribution in [3.05, 3.63) is 54.1 Å². The van der Waals surface area contributed by atoms with Crippen molar-refractivity contribution in [2.75, 3.05) is 5.32 Å². The third-order valence-electron chi connectivity index (χ3n) is 3.68. The van der Waals surface area contributed by atoms with Gasteiger partial charge in [-0.25, -0.2) is 4.79 Å². The molecule has 146 valence electrons. The summed E-state index contributed by atoms with van der Waals surface area (Å²) in [5.41, 5.74) is 0.743. The number of hydrogen-bond donors (Lipinski definition) is 2. The Balaban J connectivity index is 1.78. The Morgan fingerprint density at radius 3 is 2.43 bits per heavy atom. The molecule has 9 heteroatoms. The molecular formula is C19H17F3N4O2. The van der Waals surface area contributed by atoms with E-state index in [9.17, 15) is 18.0 Å². The van der Waals surface area contributed by atoms with Crippen LogP contribution in [-0.2, 0) is 6.18 Å². The summed E-state index contributed by atoms with van der Waals surface area (Å²) in [6, 6.07) is 10.9. The second-order valence-corrected chi connectivity index (χ2v) is 6.33. The molecule has 1 aromatic heterocycles. The molecule has 3 aromatic rings. The Bertz CT molecular complexity index is 966. The van der Waals surface area contributed by atoms with E-state index in [0.29, 0.717) is 16.8 Å². The van der Waals surface area contributed by atoms with Crippen LogP contribution in [0, 0.1) is 0 Å². The van der Waals surface area contributed by atoms with E-state index in [4.69, 9.17) is 4.52 Å². The normalized spacial score (nSPS) is 11.5. The first-order valence-corrected chi connectivity index (χ1v) is 8.41. The Labute approximate surface area is 158 Å². The van der Waals surface area contributed by atoms with E-state index in [1.165, 1.54) is 12.1 Å². The minimum atomic E-state index is -4.41. The van der Waals surface area contributed by atoms with E-state index in [0.717, 1.165) is 12.1 Å². The predicted molar refractivity (Wildman–Crippen MR) is 97.5 cm³/mol. The molecule has 2 aromatic carbocycles. The van der Waals surface area contributed by atoms with Crippen molar-refractivity contribution in [3.63, 3.8) is 0 Å². The quantitative estimate of drug-likeness (QED) is 0.660. The zero-order valence-corrected chi connectivity index (χ0v) is 15.0. The smallest absolute Gasteiger partial charge is 0.336 e. The van der Waals surface area contributed by atoms with Crippen LogP contribution in [0.25, 0.3) is 22.8 Å². The molecule has 0 aliphatic carbocycles. The molecule has 0 radical (unpaired) electrons. The maximum atomic E-state index is 12.7. The summed E-state index contributed by atoms with van der Waals surface area (Å²) in [5.74, 6) is 0.349. The van der Waals surface area contributed by atoms with Crippen LogP contribution in [0.2, 0.25) is 0 Å². The van der Waals surface area contributed by atoms with Gasteiger partial charge < -0.3 is 15.2 Å². The van der Waals surface area contributed by atoms with Crippen molar-refractivity contribution in [3.8, 4) is 22.8 Å². The van der Waals surface area contributed by atoms with Crippen LogP contribution in [0.3, 0.4) is 0 Å². The van der Waals surface area contributed by atoms with E-state index < -0.39 is 11.7 Å². The number of hydrogen-bond acceptors (Lipinski definition) is 4. The van der Waals surface area contributed by atoms with Gasteiger partial charge in [0.15, 0.2) is 0 Å². The first-order chi connectivity index (χ1) is 13.2. The molecule has 6 nitrogen and oxygen atoms in total.